The molecule has 0 saturated heterocycles. The fourth-order valence-electron chi connectivity index (χ4n) is 0.999. The van der Waals surface area contributed by atoms with E-state index in [0.717, 1.165) is 0 Å². The molecular weight excluding hydrogens is 237 g/mol. The molecule has 16 heavy (non-hydrogen) atoms. The van der Waals surface area contributed by atoms with E-state index < -0.39 is 36.3 Å². The lowest BCUT2D eigenvalue weighted by molar-refractivity contribution is -0.0884. The zero-order valence-corrected chi connectivity index (χ0v) is 7.63. The summed E-state index contributed by atoms with van der Waals surface area (Å²) in [5.74, 6) is -2.92. The molecule has 0 radical (unpaired) electrons. The molecule has 0 saturated carbocycles. The van der Waals surface area contributed by atoms with Crippen molar-refractivity contribution in [3.63, 3.8) is 0 Å². The highest BCUT2D eigenvalue weighted by Crippen LogP contribution is 2.24. The van der Waals surface area contributed by atoms with Crippen LogP contribution in [-0.2, 0) is 6.54 Å². The summed E-state index contributed by atoms with van der Waals surface area (Å²) < 4.78 is 60.3. The van der Waals surface area contributed by atoms with Crippen LogP contribution in [0.3, 0.4) is 0 Å². The van der Waals surface area contributed by atoms with E-state index in [9.17, 15) is 26.7 Å². The third-order valence-corrected chi connectivity index (χ3v) is 1.62. The first-order valence-electron chi connectivity index (χ1n) is 3.94. The summed E-state index contributed by atoms with van der Waals surface area (Å²) >= 11 is 0. The van der Waals surface area contributed by atoms with Crippen LogP contribution < -0.4 is 5.73 Å². The maximum Gasteiger partial charge on any atom is 0.455 e. The van der Waals surface area contributed by atoms with Gasteiger partial charge in [0.05, 0.1) is 5.56 Å². The van der Waals surface area contributed by atoms with Crippen LogP contribution in [0.1, 0.15) is 10.4 Å². The molecule has 0 atom stereocenters. The maximum atomic E-state index is 12.0. The monoisotopic (exact) mass is 243 g/mol. The van der Waals surface area contributed by atoms with Gasteiger partial charge in [0.15, 0.2) is 5.82 Å². The molecule has 0 aliphatic rings. The number of ketones is 1. The predicted octanol–water partition coefficient (Wildman–Crippen LogP) is 1.48. The van der Waals surface area contributed by atoms with Gasteiger partial charge >= 0.3 is 6.18 Å². The van der Waals surface area contributed by atoms with E-state index in [1.807, 2.05) is 0 Å². The number of nitrogens with two attached hydrogens (primary N) is 1. The van der Waals surface area contributed by atoms with E-state index in [4.69, 9.17) is 5.73 Å². The van der Waals surface area contributed by atoms with Crippen molar-refractivity contribution in [1.82, 2.24) is 9.78 Å². The minimum atomic E-state index is -5.10. The second-order valence-corrected chi connectivity index (χ2v) is 2.87. The van der Waals surface area contributed by atoms with Crippen molar-refractivity contribution in [3.8, 4) is 0 Å². The first kappa shape index (κ1) is 12.4. The third kappa shape index (κ3) is 2.67. The number of anilines is 1. The number of aromatic nitrogens is 2. The summed E-state index contributed by atoms with van der Waals surface area (Å²) in [4.78, 5) is 10.7. The molecule has 0 bridgehead atoms. The maximum absolute atomic E-state index is 12.0. The summed E-state index contributed by atoms with van der Waals surface area (Å²) in [7, 11) is 0. The lowest BCUT2D eigenvalue weighted by atomic mass is 10.2. The quantitative estimate of drug-likeness (QED) is 0.646. The average Bonchev–Trinajstić information content (AvgIpc) is 2.42. The molecule has 2 N–H and O–H groups in total. The van der Waals surface area contributed by atoms with Gasteiger partial charge in [-0.3, -0.25) is 9.48 Å². The van der Waals surface area contributed by atoms with Crippen LogP contribution in [0.15, 0.2) is 6.20 Å². The molecule has 0 aliphatic heterocycles. The molecule has 1 aromatic heterocycles. The van der Waals surface area contributed by atoms with Crippen molar-refractivity contribution in [2.45, 2.75) is 19.1 Å². The summed E-state index contributed by atoms with van der Waals surface area (Å²) in [6.07, 6.45) is -7.35. The minimum absolute atomic E-state index is 0.499. The fraction of sp³-hybridized carbons (Fsp3) is 0.429. The zero-order valence-electron chi connectivity index (χ0n) is 7.63. The predicted molar refractivity (Wildman–Crippen MR) is 43.0 cm³/mol. The molecule has 1 aromatic rings. The topological polar surface area (TPSA) is 60.9 Å². The molecule has 90 valence electrons. The fourth-order valence-corrected chi connectivity index (χ4v) is 0.999. The Kier molecular flexibility index (Phi) is 3.15. The number of Topliss-reactive ketones (excluding diaryl/α,β-unsaturated/α-hetero) is 1. The summed E-state index contributed by atoms with van der Waals surface area (Å²) in [6, 6.07) is 0. The van der Waals surface area contributed by atoms with Crippen LogP contribution in [0.5, 0.6) is 0 Å². The van der Waals surface area contributed by atoms with E-state index >= 15 is 0 Å². The molecule has 0 aliphatic carbocycles. The number of alkyl halides is 5. The van der Waals surface area contributed by atoms with Gasteiger partial charge in [0.25, 0.3) is 12.2 Å². The summed E-state index contributed by atoms with van der Waals surface area (Å²) in [5, 5.41) is 3.18. The second-order valence-electron chi connectivity index (χ2n) is 2.87. The van der Waals surface area contributed by atoms with E-state index in [2.05, 4.69) is 5.10 Å². The highest BCUT2D eigenvalue weighted by Gasteiger charge is 2.41. The van der Waals surface area contributed by atoms with Crippen molar-refractivity contribution >= 4 is 11.6 Å². The van der Waals surface area contributed by atoms with Crippen molar-refractivity contribution in [1.29, 1.82) is 0 Å². The molecule has 0 spiro atoms. The van der Waals surface area contributed by atoms with Gasteiger partial charge in [-0.15, -0.1) is 0 Å². The number of hydrogen-bond acceptors (Lipinski definition) is 3. The highest BCUT2D eigenvalue weighted by atomic mass is 19.4. The van der Waals surface area contributed by atoms with Gasteiger partial charge < -0.3 is 5.73 Å². The van der Waals surface area contributed by atoms with Gasteiger partial charge in [0.1, 0.15) is 6.54 Å². The Morgan fingerprint density at radius 2 is 2.06 bits per heavy atom. The summed E-state index contributed by atoms with van der Waals surface area (Å²) in [6.45, 7) is -0.921. The molecule has 1 heterocycles. The number of rotatable bonds is 3. The lowest BCUT2D eigenvalue weighted by Crippen LogP contribution is -2.23. The molecule has 0 amide bonds. The number of nitrogen functional groups attached to an aromatic ring is 1. The molecule has 4 nitrogen and oxygen atoms in total. The standard InChI is InChI=1S/C7H6F5N3O/c8-4(9)2-15-1-3(6(13)14-15)5(16)7(10,11)12/h1,4H,2H2,(H2,13,14). The second kappa shape index (κ2) is 4.06. The largest absolute Gasteiger partial charge is 0.455 e. The SMILES string of the molecule is Nc1nn(CC(F)F)cc1C(=O)C(F)(F)F. The Hall–Kier alpha value is -1.67. The first-order chi connectivity index (χ1) is 7.21. The molecule has 0 unspecified atom stereocenters. The average molecular weight is 243 g/mol. The molecule has 0 fully saturated rings. The van der Waals surface area contributed by atoms with Gasteiger partial charge in [0, 0.05) is 6.20 Å². The van der Waals surface area contributed by atoms with Crippen LogP contribution in [0.25, 0.3) is 0 Å². The van der Waals surface area contributed by atoms with Crippen LogP contribution in [0, 0.1) is 0 Å². The van der Waals surface area contributed by atoms with Crippen LogP contribution in [-0.4, -0.2) is 28.2 Å². The lowest BCUT2D eigenvalue weighted by Gasteiger charge is -2.02. The molecule has 9 heteroatoms. The first-order valence-corrected chi connectivity index (χ1v) is 3.94. The van der Waals surface area contributed by atoms with Crippen molar-refractivity contribution in [2.24, 2.45) is 0 Å². The van der Waals surface area contributed by atoms with Crippen LogP contribution in [0.2, 0.25) is 0 Å². The minimum Gasteiger partial charge on any atom is -0.382 e. The van der Waals surface area contributed by atoms with E-state index in [1.54, 1.807) is 0 Å². The Labute approximate surface area is 85.8 Å². The Bertz CT molecular complexity index is 397. The van der Waals surface area contributed by atoms with Crippen molar-refractivity contribution in [3.05, 3.63) is 11.8 Å². The van der Waals surface area contributed by atoms with Gasteiger partial charge in [0.2, 0.25) is 0 Å². The van der Waals surface area contributed by atoms with E-state index in [0.29, 0.717) is 10.9 Å². The Balaban J connectivity index is 2.98. The smallest absolute Gasteiger partial charge is 0.382 e. The molecule has 1 rings (SSSR count). The van der Waals surface area contributed by atoms with E-state index in [1.165, 1.54) is 0 Å². The number of carbonyl (C=O) groups is 1. The normalized spacial score (nSPS) is 12.1. The Morgan fingerprint density at radius 1 is 1.50 bits per heavy atom. The number of carbonyl (C=O) groups excluding carboxylic acids is 1. The van der Waals surface area contributed by atoms with Gasteiger partial charge in [-0.25, -0.2) is 8.78 Å². The van der Waals surface area contributed by atoms with Crippen molar-refractivity contribution < 1.29 is 26.7 Å². The highest BCUT2D eigenvalue weighted by molar-refractivity contribution is 6.03. The van der Waals surface area contributed by atoms with Crippen LogP contribution >= 0.6 is 0 Å². The molecule has 0 aromatic carbocycles. The van der Waals surface area contributed by atoms with Crippen LogP contribution in [0.4, 0.5) is 27.8 Å². The number of hydrogen-bond donors (Lipinski definition) is 1. The van der Waals surface area contributed by atoms with Gasteiger partial charge in [-0.2, -0.15) is 18.3 Å². The van der Waals surface area contributed by atoms with Crippen molar-refractivity contribution in [2.75, 3.05) is 5.73 Å². The zero-order chi connectivity index (χ0) is 12.5. The van der Waals surface area contributed by atoms with Gasteiger partial charge in [-0.1, -0.05) is 0 Å². The third-order valence-electron chi connectivity index (χ3n) is 1.62. The number of nitrogens with zero attached hydrogens (tertiary/aromatic N) is 2. The number of halogens is 5. The Morgan fingerprint density at radius 3 is 2.50 bits per heavy atom. The van der Waals surface area contributed by atoms with E-state index in [-0.39, 0.29) is 0 Å². The molecular formula is C7H6F5N3O. The summed E-state index contributed by atoms with van der Waals surface area (Å²) in [5.41, 5.74) is 4.09. The van der Waals surface area contributed by atoms with Gasteiger partial charge in [-0.05, 0) is 0 Å².